The minimum Gasteiger partial charge on any atom is -0.466 e. The number of esters is 1. The molecule has 0 heterocycles. The van der Waals surface area contributed by atoms with Gasteiger partial charge in [0.1, 0.15) is 0 Å². The van der Waals surface area contributed by atoms with Crippen LogP contribution in [0.15, 0.2) is 0 Å². The van der Waals surface area contributed by atoms with Gasteiger partial charge in [-0.2, -0.15) is 0 Å². The van der Waals surface area contributed by atoms with Gasteiger partial charge in [0.05, 0.1) is 12.5 Å². The third-order valence-corrected chi connectivity index (χ3v) is 2.63. The highest BCUT2D eigenvalue weighted by Gasteiger charge is 2.33. The molecule has 0 radical (unpaired) electrons. The second-order valence-electron chi connectivity index (χ2n) is 4.20. The normalized spacial score (nSPS) is 34.2. The zero-order valence-corrected chi connectivity index (χ0v) is 8.51. The van der Waals surface area contributed by atoms with Crippen molar-refractivity contribution in [1.82, 2.24) is 0 Å². The van der Waals surface area contributed by atoms with E-state index >= 15 is 0 Å². The van der Waals surface area contributed by atoms with Crippen LogP contribution in [0.25, 0.3) is 0 Å². The molecule has 1 aliphatic rings. The summed E-state index contributed by atoms with van der Waals surface area (Å²) in [5.74, 6) is -0.0393. The zero-order valence-electron chi connectivity index (χ0n) is 8.51. The first-order valence-electron chi connectivity index (χ1n) is 5.00. The van der Waals surface area contributed by atoms with Crippen LogP contribution in [-0.4, -0.2) is 18.1 Å². The molecule has 1 aliphatic carbocycles. The Balaban J connectivity index is 2.47. The van der Waals surface area contributed by atoms with Crippen molar-refractivity contribution in [2.24, 2.45) is 11.7 Å². The maximum absolute atomic E-state index is 11.4. The fourth-order valence-corrected chi connectivity index (χ4v) is 1.98. The van der Waals surface area contributed by atoms with E-state index in [0.29, 0.717) is 6.61 Å². The van der Waals surface area contributed by atoms with Gasteiger partial charge in [-0.15, -0.1) is 0 Å². The Hall–Kier alpha value is -0.570. The van der Waals surface area contributed by atoms with E-state index in [4.69, 9.17) is 10.5 Å². The predicted molar refractivity (Wildman–Crippen MR) is 51.2 cm³/mol. The average molecular weight is 185 g/mol. The number of rotatable bonds is 2. The van der Waals surface area contributed by atoms with Gasteiger partial charge in [-0.3, -0.25) is 4.79 Å². The number of ether oxygens (including phenoxy) is 1. The van der Waals surface area contributed by atoms with Gasteiger partial charge < -0.3 is 10.5 Å². The monoisotopic (exact) mass is 185 g/mol. The minimum atomic E-state index is -0.171. The first-order chi connectivity index (χ1) is 6.05. The molecule has 2 unspecified atom stereocenters. The molecule has 3 heteroatoms. The van der Waals surface area contributed by atoms with E-state index in [1.807, 2.05) is 13.8 Å². The highest BCUT2D eigenvalue weighted by atomic mass is 16.5. The third kappa shape index (κ3) is 2.99. The fraction of sp³-hybridized carbons (Fsp3) is 0.900. The molecule has 0 aliphatic heterocycles. The van der Waals surface area contributed by atoms with E-state index in [9.17, 15) is 4.79 Å². The summed E-state index contributed by atoms with van der Waals surface area (Å²) in [6.45, 7) is 4.32. The molecule has 0 saturated heterocycles. The van der Waals surface area contributed by atoms with E-state index in [2.05, 4.69) is 0 Å². The quantitative estimate of drug-likeness (QED) is 0.662. The molecule has 13 heavy (non-hydrogen) atoms. The van der Waals surface area contributed by atoms with Gasteiger partial charge >= 0.3 is 5.97 Å². The molecule has 2 N–H and O–H groups in total. The molecule has 76 valence electrons. The molecule has 1 fully saturated rings. The van der Waals surface area contributed by atoms with Crippen LogP contribution in [-0.2, 0) is 9.53 Å². The van der Waals surface area contributed by atoms with E-state index in [1.54, 1.807) is 0 Å². The van der Waals surface area contributed by atoms with Crippen molar-refractivity contribution in [3.63, 3.8) is 0 Å². The lowest BCUT2D eigenvalue weighted by Crippen LogP contribution is -2.43. The van der Waals surface area contributed by atoms with Crippen LogP contribution in [0.3, 0.4) is 0 Å². The Morgan fingerprint density at radius 2 is 2.38 bits per heavy atom. The fourth-order valence-electron chi connectivity index (χ4n) is 1.98. The van der Waals surface area contributed by atoms with Crippen molar-refractivity contribution in [2.75, 3.05) is 6.61 Å². The predicted octanol–water partition coefficient (Wildman–Crippen LogP) is 1.46. The average Bonchev–Trinajstić information content (AvgIpc) is 2.03. The summed E-state index contributed by atoms with van der Waals surface area (Å²) in [6, 6.07) is 0. The topological polar surface area (TPSA) is 52.3 Å². The summed E-state index contributed by atoms with van der Waals surface area (Å²) in [6.07, 6.45) is 3.76. The van der Waals surface area contributed by atoms with Crippen LogP contribution in [0.5, 0.6) is 0 Å². The van der Waals surface area contributed by atoms with Crippen LogP contribution in [0.2, 0.25) is 0 Å². The summed E-state index contributed by atoms with van der Waals surface area (Å²) in [5, 5.41) is 0. The minimum absolute atomic E-state index is 0.0312. The molecular formula is C10H19NO2. The standard InChI is InChI=1S/C10H19NO2/c1-3-13-9(12)8-5-4-6-10(2,11)7-8/h8H,3-7,11H2,1-2H3. The number of carbonyl (C=O) groups is 1. The van der Waals surface area contributed by atoms with E-state index < -0.39 is 0 Å². The number of hydrogen-bond acceptors (Lipinski definition) is 3. The van der Waals surface area contributed by atoms with Gasteiger partial charge in [0.25, 0.3) is 0 Å². The molecule has 2 atom stereocenters. The molecule has 0 aromatic carbocycles. The SMILES string of the molecule is CCOC(=O)C1CCCC(C)(N)C1. The van der Waals surface area contributed by atoms with Gasteiger partial charge in [-0.25, -0.2) is 0 Å². The van der Waals surface area contributed by atoms with Gasteiger partial charge in [-0.05, 0) is 33.1 Å². The number of nitrogens with two attached hydrogens (primary N) is 1. The van der Waals surface area contributed by atoms with Crippen molar-refractivity contribution in [3.8, 4) is 0 Å². The van der Waals surface area contributed by atoms with E-state index in [-0.39, 0.29) is 17.4 Å². The lowest BCUT2D eigenvalue weighted by Gasteiger charge is -2.33. The van der Waals surface area contributed by atoms with Crippen molar-refractivity contribution in [1.29, 1.82) is 0 Å². The lowest BCUT2D eigenvalue weighted by atomic mass is 9.77. The van der Waals surface area contributed by atoms with Crippen LogP contribution < -0.4 is 5.73 Å². The molecule has 1 rings (SSSR count). The highest BCUT2D eigenvalue weighted by Crippen LogP contribution is 2.30. The number of hydrogen-bond donors (Lipinski definition) is 1. The molecule has 0 amide bonds. The lowest BCUT2D eigenvalue weighted by molar-refractivity contribution is -0.149. The summed E-state index contributed by atoms with van der Waals surface area (Å²) >= 11 is 0. The van der Waals surface area contributed by atoms with Gasteiger partial charge in [0.15, 0.2) is 0 Å². The van der Waals surface area contributed by atoms with Crippen LogP contribution in [0, 0.1) is 5.92 Å². The van der Waals surface area contributed by atoms with Crippen molar-refractivity contribution >= 4 is 5.97 Å². The molecule has 0 aromatic rings. The Kier molecular flexibility index (Phi) is 3.31. The summed E-state index contributed by atoms with van der Waals surface area (Å²) < 4.78 is 4.98. The van der Waals surface area contributed by atoms with E-state index in [0.717, 1.165) is 25.7 Å². The first kappa shape index (κ1) is 10.5. The maximum Gasteiger partial charge on any atom is 0.308 e. The Morgan fingerprint density at radius 1 is 1.69 bits per heavy atom. The summed E-state index contributed by atoms with van der Waals surface area (Å²) in [5.41, 5.74) is 5.82. The van der Waals surface area contributed by atoms with Crippen molar-refractivity contribution in [2.45, 2.75) is 45.1 Å². The summed E-state index contributed by atoms with van der Waals surface area (Å²) in [7, 11) is 0. The zero-order chi connectivity index (χ0) is 9.90. The second kappa shape index (κ2) is 4.09. The van der Waals surface area contributed by atoms with Gasteiger partial charge in [-0.1, -0.05) is 6.42 Å². The molecule has 0 spiro atoms. The van der Waals surface area contributed by atoms with Crippen LogP contribution in [0.4, 0.5) is 0 Å². The largest absolute Gasteiger partial charge is 0.466 e. The molecule has 0 bridgehead atoms. The highest BCUT2D eigenvalue weighted by molar-refractivity contribution is 5.72. The first-order valence-corrected chi connectivity index (χ1v) is 5.00. The summed E-state index contributed by atoms with van der Waals surface area (Å²) in [4.78, 5) is 11.4. The molecular weight excluding hydrogens is 166 g/mol. The van der Waals surface area contributed by atoms with Crippen LogP contribution >= 0.6 is 0 Å². The van der Waals surface area contributed by atoms with E-state index in [1.165, 1.54) is 0 Å². The number of carbonyl (C=O) groups excluding carboxylic acids is 1. The van der Waals surface area contributed by atoms with Gasteiger partial charge in [0.2, 0.25) is 0 Å². The van der Waals surface area contributed by atoms with Crippen molar-refractivity contribution < 1.29 is 9.53 Å². The molecule has 1 saturated carbocycles. The molecule has 0 aromatic heterocycles. The molecule has 3 nitrogen and oxygen atoms in total. The van der Waals surface area contributed by atoms with Crippen LogP contribution in [0.1, 0.15) is 39.5 Å². The van der Waals surface area contributed by atoms with Gasteiger partial charge in [0, 0.05) is 5.54 Å². The Bertz CT molecular complexity index is 189. The smallest absolute Gasteiger partial charge is 0.308 e. The Morgan fingerprint density at radius 3 is 2.92 bits per heavy atom. The maximum atomic E-state index is 11.4. The Labute approximate surface area is 79.6 Å². The second-order valence-corrected chi connectivity index (χ2v) is 4.20. The third-order valence-electron chi connectivity index (χ3n) is 2.63. The van der Waals surface area contributed by atoms with Crippen molar-refractivity contribution in [3.05, 3.63) is 0 Å².